The van der Waals surface area contributed by atoms with Gasteiger partial charge in [0.25, 0.3) is 11.8 Å². The quantitative estimate of drug-likeness (QED) is 0.541. The molecule has 2 aromatic heterocycles. The minimum atomic E-state index is -0.455. The summed E-state index contributed by atoms with van der Waals surface area (Å²) in [5.41, 5.74) is 2.30. The lowest BCUT2D eigenvalue weighted by atomic mass is 10.2. The largest absolute Gasteiger partial charge is 0.463 e. The molecule has 3 rings (SSSR count). The summed E-state index contributed by atoms with van der Waals surface area (Å²) in [7, 11) is 0. The Balaban J connectivity index is 1.56. The SMILES string of the molecule is O=C(CNC(=O)c1sc2ccccc2c1Cl)NN=Cc1ccco1. The van der Waals surface area contributed by atoms with Gasteiger partial charge in [-0.2, -0.15) is 5.10 Å². The highest BCUT2D eigenvalue weighted by molar-refractivity contribution is 7.21. The molecule has 0 saturated carbocycles. The predicted molar refractivity (Wildman–Crippen MR) is 93.6 cm³/mol. The predicted octanol–water partition coefficient (Wildman–Crippen LogP) is 3.03. The highest BCUT2D eigenvalue weighted by atomic mass is 35.5. The van der Waals surface area contributed by atoms with E-state index in [2.05, 4.69) is 15.8 Å². The summed E-state index contributed by atoms with van der Waals surface area (Å²) in [6, 6.07) is 10.9. The number of hydrogen-bond acceptors (Lipinski definition) is 5. The van der Waals surface area contributed by atoms with Crippen molar-refractivity contribution in [2.24, 2.45) is 5.10 Å². The Morgan fingerprint density at radius 1 is 1.25 bits per heavy atom. The first-order chi connectivity index (χ1) is 11.6. The highest BCUT2D eigenvalue weighted by Gasteiger charge is 2.17. The van der Waals surface area contributed by atoms with E-state index < -0.39 is 11.8 Å². The van der Waals surface area contributed by atoms with Crippen LogP contribution in [-0.2, 0) is 4.79 Å². The van der Waals surface area contributed by atoms with Crippen molar-refractivity contribution in [2.45, 2.75) is 0 Å². The first-order valence-corrected chi connectivity index (χ1v) is 8.15. The van der Waals surface area contributed by atoms with Gasteiger partial charge >= 0.3 is 0 Å². The van der Waals surface area contributed by atoms with Gasteiger partial charge < -0.3 is 9.73 Å². The van der Waals surface area contributed by atoms with Crippen molar-refractivity contribution in [3.63, 3.8) is 0 Å². The molecule has 122 valence electrons. The van der Waals surface area contributed by atoms with Gasteiger partial charge in [-0.15, -0.1) is 11.3 Å². The maximum atomic E-state index is 12.2. The third-order valence-corrected chi connectivity index (χ3v) is 4.75. The molecule has 0 bridgehead atoms. The van der Waals surface area contributed by atoms with E-state index >= 15 is 0 Å². The third-order valence-electron chi connectivity index (χ3n) is 3.07. The molecule has 0 unspecified atom stereocenters. The molecular weight excluding hydrogens is 350 g/mol. The average Bonchev–Trinajstić information content (AvgIpc) is 3.21. The van der Waals surface area contributed by atoms with Crippen LogP contribution in [0.2, 0.25) is 5.02 Å². The van der Waals surface area contributed by atoms with E-state index in [4.69, 9.17) is 16.0 Å². The first kappa shape index (κ1) is 16.2. The Kier molecular flexibility index (Phi) is 4.93. The van der Waals surface area contributed by atoms with Gasteiger partial charge in [0.15, 0.2) is 0 Å². The van der Waals surface area contributed by atoms with Crippen LogP contribution in [0.5, 0.6) is 0 Å². The van der Waals surface area contributed by atoms with E-state index in [1.165, 1.54) is 23.8 Å². The number of fused-ring (bicyclic) bond motifs is 1. The molecule has 8 heteroatoms. The molecule has 2 N–H and O–H groups in total. The van der Waals surface area contributed by atoms with Crippen molar-refractivity contribution >= 4 is 51.1 Å². The number of nitrogens with one attached hydrogen (secondary N) is 2. The number of thiophene rings is 1. The summed E-state index contributed by atoms with van der Waals surface area (Å²) in [5.74, 6) is -0.342. The van der Waals surface area contributed by atoms with Crippen molar-refractivity contribution in [1.82, 2.24) is 10.7 Å². The number of carbonyl (C=O) groups excluding carboxylic acids is 2. The standard InChI is InChI=1S/C16H12ClN3O3S/c17-14-11-5-1-2-6-12(11)24-15(14)16(22)18-9-13(21)20-19-8-10-4-3-7-23-10/h1-8H,9H2,(H,18,22)(H,20,21). The van der Waals surface area contributed by atoms with E-state index in [9.17, 15) is 9.59 Å². The molecule has 2 amide bonds. The van der Waals surface area contributed by atoms with Crippen LogP contribution in [-0.4, -0.2) is 24.6 Å². The van der Waals surface area contributed by atoms with E-state index in [1.54, 1.807) is 12.1 Å². The number of benzene rings is 1. The number of hydrogen-bond donors (Lipinski definition) is 2. The van der Waals surface area contributed by atoms with Crippen molar-refractivity contribution in [2.75, 3.05) is 6.54 Å². The topological polar surface area (TPSA) is 83.7 Å². The monoisotopic (exact) mass is 361 g/mol. The lowest BCUT2D eigenvalue weighted by molar-refractivity contribution is -0.120. The van der Waals surface area contributed by atoms with E-state index in [0.717, 1.165) is 10.1 Å². The second kappa shape index (κ2) is 7.29. The van der Waals surface area contributed by atoms with Crippen LogP contribution in [0.25, 0.3) is 10.1 Å². The van der Waals surface area contributed by atoms with Crippen LogP contribution in [0.1, 0.15) is 15.4 Å². The van der Waals surface area contributed by atoms with Crippen LogP contribution in [0, 0.1) is 0 Å². The third kappa shape index (κ3) is 3.64. The number of halogens is 1. The maximum absolute atomic E-state index is 12.2. The molecule has 6 nitrogen and oxygen atoms in total. The van der Waals surface area contributed by atoms with Crippen molar-refractivity contribution < 1.29 is 14.0 Å². The summed E-state index contributed by atoms with van der Waals surface area (Å²) in [4.78, 5) is 24.2. The fourth-order valence-electron chi connectivity index (χ4n) is 1.97. The van der Waals surface area contributed by atoms with Crippen molar-refractivity contribution in [3.05, 3.63) is 58.3 Å². The van der Waals surface area contributed by atoms with Crippen molar-refractivity contribution in [1.29, 1.82) is 0 Å². The molecule has 0 radical (unpaired) electrons. The van der Waals surface area contributed by atoms with Crippen LogP contribution in [0.4, 0.5) is 0 Å². The van der Waals surface area contributed by atoms with Gasteiger partial charge in [0.1, 0.15) is 10.6 Å². The summed E-state index contributed by atoms with van der Waals surface area (Å²) in [5, 5.41) is 7.46. The normalized spacial score (nSPS) is 11.0. The summed E-state index contributed by atoms with van der Waals surface area (Å²) < 4.78 is 5.95. The molecule has 24 heavy (non-hydrogen) atoms. The Morgan fingerprint density at radius 2 is 2.08 bits per heavy atom. The number of rotatable bonds is 5. The lowest BCUT2D eigenvalue weighted by Gasteiger charge is -2.02. The molecule has 0 aliphatic heterocycles. The molecule has 2 heterocycles. The Bertz CT molecular complexity index is 903. The molecule has 0 atom stereocenters. The smallest absolute Gasteiger partial charge is 0.263 e. The Labute approximate surface area is 146 Å². The average molecular weight is 362 g/mol. The molecule has 0 aliphatic rings. The molecule has 0 fully saturated rings. The van der Waals surface area contributed by atoms with Crippen LogP contribution < -0.4 is 10.7 Å². The van der Waals surface area contributed by atoms with Gasteiger partial charge in [0, 0.05) is 10.1 Å². The zero-order chi connectivity index (χ0) is 16.9. The molecule has 0 aliphatic carbocycles. The molecule has 0 spiro atoms. The van der Waals surface area contributed by atoms with Gasteiger partial charge in [0.2, 0.25) is 0 Å². The zero-order valence-electron chi connectivity index (χ0n) is 12.3. The van der Waals surface area contributed by atoms with Gasteiger partial charge in [-0.1, -0.05) is 29.8 Å². The molecule has 0 saturated heterocycles. The van der Waals surface area contributed by atoms with Gasteiger partial charge in [-0.05, 0) is 18.2 Å². The zero-order valence-corrected chi connectivity index (χ0v) is 13.9. The molecule has 1 aromatic carbocycles. The van der Waals surface area contributed by atoms with Crippen LogP contribution >= 0.6 is 22.9 Å². The Morgan fingerprint density at radius 3 is 2.83 bits per heavy atom. The van der Waals surface area contributed by atoms with Crippen molar-refractivity contribution in [3.8, 4) is 0 Å². The minimum Gasteiger partial charge on any atom is -0.463 e. The van der Waals surface area contributed by atoms with E-state index in [0.29, 0.717) is 15.7 Å². The second-order valence-electron chi connectivity index (χ2n) is 4.73. The number of nitrogens with zero attached hydrogens (tertiary/aromatic N) is 1. The van der Waals surface area contributed by atoms with Gasteiger partial charge in [-0.25, -0.2) is 5.43 Å². The Hall–Kier alpha value is -2.64. The summed E-state index contributed by atoms with van der Waals surface area (Å²) in [6.45, 7) is -0.209. The van der Waals surface area contributed by atoms with Crippen LogP contribution in [0.3, 0.4) is 0 Å². The lowest BCUT2D eigenvalue weighted by Crippen LogP contribution is -2.34. The maximum Gasteiger partial charge on any atom is 0.263 e. The number of furan rings is 1. The number of amides is 2. The summed E-state index contributed by atoms with van der Waals surface area (Å²) >= 11 is 7.51. The summed E-state index contributed by atoms with van der Waals surface area (Å²) in [6.07, 6.45) is 2.86. The number of hydrazone groups is 1. The molecular formula is C16H12ClN3O3S. The fraction of sp³-hybridized carbons (Fsp3) is 0.0625. The second-order valence-corrected chi connectivity index (χ2v) is 6.16. The highest BCUT2D eigenvalue weighted by Crippen LogP contribution is 2.34. The van der Waals surface area contributed by atoms with Crippen LogP contribution in [0.15, 0.2) is 52.2 Å². The van der Waals surface area contributed by atoms with E-state index in [1.807, 2.05) is 24.3 Å². The van der Waals surface area contributed by atoms with Gasteiger partial charge in [-0.3, -0.25) is 9.59 Å². The van der Waals surface area contributed by atoms with E-state index in [-0.39, 0.29) is 6.54 Å². The first-order valence-electron chi connectivity index (χ1n) is 6.96. The minimum absolute atomic E-state index is 0.209. The van der Waals surface area contributed by atoms with Gasteiger partial charge in [0.05, 0.1) is 24.0 Å². The fourth-order valence-corrected chi connectivity index (χ4v) is 3.41. The molecule has 3 aromatic rings. The number of carbonyl (C=O) groups is 2.